The summed E-state index contributed by atoms with van der Waals surface area (Å²) in [5.74, 6) is 0. The second-order valence-corrected chi connectivity index (χ2v) is 3.89. The van der Waals surface area contributed by atoms with Gasteiger partial charge < -0.3 is 4.90 Å². The van der Waals surface area contributed by atoms with E-state index in [2.05, 4.69) is 61.4 Å². The molecule has 0 aromatic carbocycles. The van der Waals surface area contributed by atoms with E-state index in [1.54, 1.807) is 0 Å². The second-order valence-electron chi connectivity index (χ2n) is 3.89. The molecule has 16 heavy (non-hydrogen) atoms. The lowest BCUT2D eigenvalue weighted by Gasteiger charge is -2.21. The molecule has 0 aromatic heterocycles. The van der Waals surface area contributed by atoms with Gasteiger partial charge in [-0.3, -0.25) is 0 Å². The molecule has 0 saturated carbocycles. The molecule has 1 aliphatic rings. The van der Waals surface area contributed by atoms with Crippen LogP contribution in [0.25, 0.3) is 0 Å². The molecule has 0 radical (unpaired) electrons. The molecule has 1 aliphatic carbocycles. The van der Waals surface area contributed by atoms with Gasteiger partial charge >= 0.3 is 0 Å². The fourth-order valence-corrected chi connectivity index (χ4v) is 1.52. The first-order chi connectivity index (χ1) is 7.75. The van der Waals surface area contributed by atoms with Gasteiger partial charge in [0.05, 0.1) is 0 Å². The van der Waals surface area contributed by atoms with Crippen LogP contribution in [0.2, 0.25) is 0 Å². The molecule has 0 fully saturated rings. The van der Waals surface area contributed by atoms with Gasteiger partial charge in [-0.2, -0.15) is 0 Å². The third kappa shape index (κ3) is 3.93. The van der Waals surface area contributed by atoms with Crippen molar-refractivity contribution in [3.8, 4) is 0 Å². The number of allylic oxidation sites excluding steroid dienone is 9. The van der Waals surface area contributed by atoms with Gasteiger partial charge in [-0.25, -0.2) is 0 Å². The molecule has 0 atom stereocenters. The summed E-state index contributed by atoms with van der Waals surface area (Å²) in [5, 5.41) is 0. The van der Waals surface area contributed by atoms with E-state index in [0.29, 0.717) is 0 Å². The number of nitrogens with zero attached hydrogens (tertiary/aromatic N) is 1. The predicted molar refractivity (Wildman–Crippen MR) is 71.9 cm³/mol. The van der Waals surface area contributed by atoms with Gasteiger partial charge in [0, 0.05) is 18.4 Å². The molecule has 0 bridgehead atoms. The van der Waals surface area contributed by atoms with E-state index >= 15 is 0 Å². The van der Waals surface area contributed by atoms with Gasteiger partial charge in [-0.15, -0.1) is 0 Å². The zero-order valence-electron chi connectivity index (χ0n) is 10.5. The maximum Gasteiger partial charge on any atom is 0.0365 e. The summed E-state index contributed by atoms with van der Waals surface area (Å²) < 4.78 is 0. The van der Waals surface area contributed by atoms with Crippen LogP contribution >= 0.6 is 0 Å². The molecule has 1 rings (SSSR count). The zero-order valence-corrected chi connectivity index (χ0v) is 10.5. The largest absolute Gasteiger partial charge is 0.349 e. The minimum Gasteiger partial charge on any atom is -0.349 e. The first-order valence-corrected chi connectivity index (χ1v) is 5.82. The molecule has 1 heteroatoms. The summed E-state index contributed by atoms with van der Waals surface area (Å²) in [6.45, 7) is 4.16. The number of hydrogen-bond donors (Lipinski definition) is 0. The molecule has 86 valence electrons. The van der Waals surface area contributed by atoms with E-state index in [-0.39, 0.29) is 0 Å². The summed E-state index contributed by atoms with van der Waals surface area (Å²) in [6, 6.07) is 0. The maximum absolute atomic E-state index is 2.28. The van der Waals surface area contributed by atoms with Crippen molar-refractivity contribution in [2.45, 2.75) is 26.7 Å². The predicted octanol–water partition coefficient (Wildman–Crippen LogP) is 4.19. The van der Waals surface area contributed by atoms with Gasteiger partial charge in [0.25, 0.3) is 0 Å². The fraction of sp³-hybridized carbons (Fsp3) is 0.333. The maximum atomic E-state index is 2.28. The van der Waals surface area contributed by atoms with Crippen LogP contribution < -0.4 is 0 Å². The highest BCUT2D eigenvalue weighted by Crippen LogP contribution is 2.14. The van der Waals surface area contributed by atoms with Crippen LogP contribution in [0.3, 0.4) is 0 Å². The Hall–Kier alpha value is -1.50. The van der Waals surface area contributed by atoms with E-state index in [4.69, 9.17) is 0 Å². The van der Waals surface area contributed by atoms with Crippen molar-refractivity contribution in [1.29, 1.82) is 0 Å². The van der Waals surface area contributed by atoms with Crippen LogP contribution in [0.1, 0.15) is 26.7 Å². The highest BCUT2D eigenvalue weighted by molar-refractivity contribution is 5.27. The SMILES string of the molecule is C/C=C\C=C(/C)N(C)C1=CCC/C=C/C=C1. The molecular weight excluding hydrogens is 194 g/mol. The molecule has 0 saturated heterocycles. The number of hydrogen-bond acceptors (Lipinski definition) is 1. The lowest BCUT2D eigenvalue weighted by molar-refractivity contribution is 0.534. The van der Waals surface area contributed by atoms with Crippen LogP contribution in [-0.4, -0.2) is 11.9 Å². The van der Waals surface area contributed by atoms with Crippen molar-refractivity contribution in [1.82, 2.24) is 4.90 Å². The van der Waals surface area contributed by atoms with Crippen molar-refractivity contribution in [2.75, 3.05) is 7.05 Å². The number of likely N-dealkylation sites (N-methyl/N-ethyl adjacent to an activating group) is 1. The van der Waals surface area contributed by atoms with Crippen molar-refractivity contribution in [2.24, 2.45) is 0 Å². The highest BCUT2D eigenvalue weighted by Gasteiger charge is 2.02. The lowest BCUT2D eigenvalue weighted by Crippen LogP contribution is -2.14. The summed E-state index contributed by atoms with van der Waals surface area (Å²) in [5.41, 5.74) is 2.51. The number of rotatable bonds is 3. The average molecular weight is 215 g/mol. The van der Waals surface area contributed by atoms with Crippen LogP contribution in [0.15, 0.2) is 60.0 Å². The van der Waals surface area contributed by atoms with E-state index in [1.165, 1.54) is 11.4 Å². The van der Waals surface area contributed by atoms with Crippen LogP contribution in [-0.2, 0) is 0 Å². The average Bonchev–Trinajstić information content (AvgIpc) is 2.24. The Morgan fingerprint density at radius 1 is 1.31 bits per heavy atom. The Kier molecular flexibility index (Phi) is 5.41. The van der Waals surface area contributed by atoms with E-state index < -0.39 is 0 Å². The van der Waals surface area contributed by atoms with E-state index in [9.17, 15) is 0 Å². The first-order valence-electron chi connectivity index (χ1n) is 5.82. The molecule has 0 heterocycles. The summed E-state index contributed by atoms with van der Waals surface area (Å²) in [6.07, 6.45) is 19.3. The Morgan fingerprint density at radius 3 is 2.88 bits per heavy atom. The molecular formula is C15H21N. The standard InChI is InChI=1S/C15H21N/c1-4-5-11-14(2)16(3)15-12-9-7-6-8-10-13-15/h4-7,9,11-13H,8,10H2,1-3H3/b5-4-,7-6+,12-9?,14-11+,15-13?. The first kappa shape index (κ1) is 12.6. The second kappa shape index (κ2) is 6.89. The lowest BCUT2D eigenvalue weighted by atomic mass is 10.2. The van der Waals surface area contributed by atoms with Gasteiger partial charge in [0.2, 0.25) is 0 Å². The van der Waals surface area contributed by atoms with Gasteiger partial charge in [0.1, 0.15) is 0 Å². The summed E-state index contributed by atoms with van der Waals surface area (Å²) in [4.78, 5) is 2.22. The molecule has 0 aromatic rings. The van der Waals surface area contributed by atoms with Crippen molar-refractivity contribution >= 4 is 0 Å². The van der Waals surface area contributed by atoms with E-state index in [1.807, 2.05) is 13.0 Å². The van der Waals surface area contributed by atoms with Crippen molar-refractivity contribution in [3.63, 3.8) is 0 Å². The molecule has 0 amide bonds. The summed E-state index contributed by atoms with van der Waals surface area (Å²) >= 11 is 0. The third-order valence-corrected chi connectivity index (χ3v) is 2.65. The Balaban J connectivity index is 2.79. The van der Waals surface area contributed by atoms with Gasteiger partial charge in [0.15, 0.2) is 0 Å². The van der Waals surface area contributed by atoms with Crippen molar-refractivity contribution in [3.05, 3.63) is 60.0 Å². The molecule has 0 aliphatic heterocycles. The van der Waals surface area contributed by atoms with Crippen LogP contribution in [0, 0.1) is 0 Å². The molecule has 0 unspecified atom stereocenters. The third-order valence-electron chi connectivity index (χ3n) is 2.65. The quantitative estimate of drug-likeness (QED) is 0.638. The molecule has 0 spiro atoms. The Bertz CT molecular complexity index is 354. The normalized spacial score (nSPS) is 19.2. The topological polar surface area (TPSA) is 3.24 Å². The van der Waals surface area contributed by atoms with Gasteiger partial charge in [-0.05, 0) is 38.8 Å². The zero-order chi connectivity index (χ0) is 11.8. The Labute approximate surface area is 99.2 Å². The van der Waals surface area contributed by atoms with Crippen LogP contribution in [0.5, 0.6) is 0 Å². The molecule has 0 N–H and O–H groups in total. The monoisotopic (exact) mass is 215 g/mol. The highest BCUT2D eigenvalue weighted by atomic mass is 15.1. The summed E-state index contributed by atoms with van der Waals surface area (Å²) in [7, 11) is 2.11. The minimum absolute atomic E-state index is 1.11. The molecule has 1 nitrogen and oxygen atoms in total. The van der Waals surface area contributed by atoms with Crippen LogP contribution in [0.4, 0.5) is 0 Å². The fourth-order valence-electron chi connectivity index (χ4n) is 1.52. The van der Waals surface area contributed by atoms with E-state index in [0.717, 1.165) is 12.8 Å². The van der Waals surface area contributed by atoms with Gasteiger partial charge in [-0.1, -0.05) is 36.5 Å². The smallest absolute Gasteiger partial charge is 0.0365 e. The Morgan fingerprint density at radius 2 is 2.12 bits per heavy atom. The minimum atomic E-state index is 1.11. The van der Waals surface area contributed by atoms with Crippen molar-refractivity contribution < 1.29 is 0 Å².